The van der Waals surface area contributed by atoms with Crippen molar-refractivity contribution >= 4 is 26.8 Å². The third-order valence-corrected chi connectivity index (χ3v) is 8.00. The van der Waals surface area contributed by atoms with Gasteiger partial charge in [0.05, 0.1) is 11.7 Å². The molecular formula is C25H21F3N4O4S. The van der Waals surface area contributed by atoms with Gasteiger partial charge in [0.15, 0.2) is 11.5 Å². The van der Waals surface area contributed by atoms with E-state index in [2.05, 4.69) is 15.2 Å². The monoisotopic (exact) mass is 530 g/mol. The zero-order valence-corrected chi connectivity index (χ0v) is 20.2. The first-order valence-electron chi connectivity index (χ1n) is 11.5. The molecule has 1 atom stereocenters. The molecule has 1 aliphatic heterocycles. The molecule has 37 heavy (non-hydrogen) atoms. The third-order valence-electron chi connectivity index (χ3n) is 6.24. The van der Waals surface area contributed by atoms with Crippen LogP contribution in [0.4, 0.5) is 13.2 Å². The second kappa shape index (κ2) is 9.67. The van der Waals surface area contributed by atoms with Gasteiger partial charge in [-0.25, -0.2) is 8.42 Å². The van der Waals surface area contributed by atoms with Crippen molar-refractivity contribution in [3.8, 4) is 11.3 Å². The molecule has 0 N–H and O–H groups in total. The number of halogens is 3. The molecule has 0 aliphatic carbocycles. The summed E-state index contributed by atoms with van der Waals surface area (Å²) in [7, 11) is -4.00. The summed E-state index contributed by atoms with van der Waals surface area (Å²) in [6.07, 6.45) is -1.87. The molecule has 0 spiro atoms. The fourth-order valence-electron chi connectivity index (χ4n) is 4.38. The van der Waals surface area contributed by atoms with Gasteiger partial charge in [0, 0.05) is 41.9 Å². The number of benzene rings is 1. The molecule has 0 amide bonds. The number of carbonyl (C=O) groups excluding carboxylic acids is 1. The molecular weight excluding hydrogens is 509 g/mol. The highest BCUT2D eigenvalue weighted by atomic mass is 32.2. The second-order valence-electron chi connectivity index (χ2n) is 8.68. The van der Waals surface area contributed by atoms with E-state index in [9.17, 15) is 26.4 Å². The molecule has 3 aromatic heterocycles. The van der Waals surface area contributed by atoms with Gasteiger partial charge in [-0.1, -0.05) is 18.2 Å². The van der Waals surface area contributed by atoms with Crippen molar-refractivity contribution in [2.75, 3.05) is 6.54 Å². The van der Waals surface area contributed by atoms with Crippen LogP contribution < -0.4 is 0 Å². The SMILES string of the molecule is O=C(CCc1cc(-c2ccc(C(F)(F)F)nn2)ccn1)C1CCCN1S(=O)(=O)c1cc2ccccc2o1. The lowest BCUT2D eigenvalue weighted by molar-refractivity contribution is -0.141. The standard InChI is InChI=1S/C25H21F3N4O4S/c26-25(27,28)23-10-8-19(30-31-23)16-11-12-29-18(14-16)7-9-21(33)20-5-3-13-32(20)37(34,35)24-15-17-4-1-2-6-22(17)36-24/h1-2,4,6,8,10-12,14-15,20H,3,5,7,9,13H2. The number of hydrogen-bond acceptors (Lipinski definition) is 7. The maximum absolute atomic E-state index is 13.3. The van der Waals surface area contributed by atoms with Crippen molar-refractivity contribution in [2.45, 2.75) is 43.0 Å². The largest absolute Gasteiger partial charge is 0.443 e. The highest BCUT2D eigenvalue weighted by Crippen LogP contribution is 2.31. The quantitative estimate of drug-likeness (QED) is 0.342. The third kappa shape index (κ3) is 5.12. The Morgan fingerprint density at radius 3 is 2.62 bits per heavy atom. The number of aryl methyl sites for hydroxylation is 1. The van der Waals surface area contributed by atoms with Gasteiger partial charge in [-0.05, 0) is 49.6 Å². The van der Waals surface area contributed by atoms with Crippen LogP contribution in [0.15, 0.2) is 70.3 Å². The van der Waals surface area contributed by atoms with Crippen molar-refractivity contribution in [2.24, 2.45) is 0 Å². The van der Waals surface area contributed by atoms with Crippen LogP contribution in [0.3, 0.4) is 0 Å². The van der Waals surface area contributed by atoms with Gasteiger partial charge in [0.1, 0.15) is 5.58 Å². The fraction of sp³-hybridized carbons (Fsp3) is 0.280. The Morgan fingerprint density at radius 1 is 1.08 bits per heavy atom. The fourth-order valence-corrected chi connectivity index (χ4v) is 6.01. The van der Waals surface area contributed by atoms with Crippen molar-refractivity contribution in [3.05, 3.63) is 72.2 Å². The summed E-state index contributed by atoms with van der Waals surface area (Å²) in [6.45, 7) is 0.218. The molecule has 4 aromatic rings. The van der Waals surface area contributed by atoms with Gasteiger partial charge in [0.2, 0.25) is 5.09 Å². The lowest BCUT2D eigenvalue weighted by Gasteiger charge is -2.21. The summed E-state index contributed by atoms with van der Waals surface area (Å²) in [6, 6.07) is 12.9. The molecule has 12 heteroatoms. The van der Waals surface area contributed by atoms with Gasteiger partial charge in [-0.3, -0.25) is 9.78 Å². The Hall–Kier alpha value is -3.64. The van der Waals surface area contributed by atoms with E-state index in [-0.39, 0.29) is 36.0 Å². The van der Waals surface area contributed by atoms with Crippen LogP contribution in [0.25, 0.3) is 22.2 Å². The van der Waals surface area contributed by atoms with E-state index in [0.29, 0.717) is 35.1 Å². The Bertz CT molecular complexity index is 1520. The molecule has 8 nitrogen and oxygen atoms in total. The average molecular weight is 531 g/mol. The zero-order valence-electron chi connectivity index (χ0n) is 19.4. The Balaban J connectivity index is 1.28. The van der Waals surface area contributed by atoms with Crippen molar-refractivity contribution < 1.29 is 30.8 Å². The van der Waals surface area contributed by atoms with Gasteiger partial charge in [-0.2, -0.15) is 17.5 Å². The number of pyridine rings is 1. The Kier molecular flexibility index (Phi) is 6.54. The van der Waals surface area contributed by atoms with E-state index in [1.54, 1.807) is 36.4 Å². The van der Waals surface area contributed by atoms with Crippen molar-refractivity contribution in [1.82, 2.24) is 19.5 Å². The van der Waals surface area contributed by atoms with E-state index in [4.69, 9.17) is 4.42 Å². The molecule has 1 unspecified atom stereocenters. The maximum Gasteiger partial charge on any atom is 0.435 e. The van der Waals surface area contributed by atoms with Crippen molar-refractivity contribution in [1.29, 1.82) is 0 Å². The highest BCUT2D eigenvalue weighted by molar-refractivity contribution is 7.89. The molecule has 0 saturated carbocycles. The van der Waals surface area contributed by atoms with Crippen molar-refractivity contribution in [3.63, 3.8) is 0 Å². The molecule has 1 aliphatic rings. The van der Waals surface area contributed by atoms with Gasteiger partial charge in [-0.15, -0.1) is 10.2 Å². The van der Waals surface area contributed by atoms with E-state index >= 15 is 0 Å². The number of aromatic nitrogens is 3. The number of sulfonamides is 1. The molecule has 1 aromatic carbocycles. The topological polar surface area (TPSA) is 106 Å². The minimum atomic E-state index is -4.58. The number of alkyl halides is 3. The van der Waals surface area contributed by atoms with Gasteiger partial charge < -0.3 is 4.42 Å². The van der Waals surface area contributed by atoms with Crippen LogP contribution in [-0.2, 0) is 27.4 Å². The summed E-state index contributed by atoms with van der Waals surface area (Å²) in [5.74, 6) is -0.237. The number of para-hydroxylation sites is 1. The first-order valence-corrected chi connectivity index (χ1v) is 13.0. The Morgan fingerprint density at radius 2 is 1.89 bits per heavy atom. The van der Waals surface area contributed by atoms with Crippen LogP contribution in [0.1, 0.15) is 30.7 Å². The molecule has 0 radical (unpaired) electrons. The number of ketones is 1. The summed E-state index contributed by atoms with van der Waals surface area (Å²) in [4.78, 5) is 17.3. The Labute approximate surface area is 210 Å². The molecule has 0 bridgehead atoms. The normalized spacial score (nSPS) is 16.9. The minimum absolute atomic E-state index is 0.0476. The summed E-state index contributed by atoms with van der Waals surface area (Å²) in [5, 5.41) is 7.35. The maximum atomic E-state index is 13.3. The predicted octanol–water partition coefficient (Wildman–Crippen LogP) is 4.66. The number of nitrogens with zero attached hydrogens (tertiary/aromatic N) is 4. The number of furan rings is 1. The number of rotatable bonds is 7. The lowest BCUT2D eigenvalue weighted by atomic mass is 10.0. The summed E-state index contributed by atoms with van der Waals surface area (Å²) >= 11 is 0. The van der Waals surface area contributed by atoms with Crippen LogP contribution in [-0.4, -0.2) is 46.3 Å². The lowest BCUT2D eigenvalue weighted by Crippen LogP contribution is -2.40. The van der Waals surface area contributed by atoms with E-state index < -0.39 is 27.9 Å². The summed E-state index contributed by atoms with van der Waals surface area (Å²) in [5.41, 5.74) is 0.634. The van der Waals surface area contributed by atoms with E-state index in [0.717, 1.165) is 6.07 Å². The minimum Gasteiger partial charge on any atom is -0.443 e. The predicted molar refractivity (Wildman–Crippen MR) is 127 cm³/mol. The van der Waals surface area contributed by atoms with E-state index in [1.165, 1.54) is 22.6 Å². The van der Waals surface area contributed by atoms with E-state index in [1.807, 2.05) is 0 Å². The first kappa shape index (κ1) is 25.0. The number of hydrogen-bond donors (Lipinski definition) is 0. The van der Waals surface area contributed by atoms with Crippen LogP contribution in [0.5, 0.6) is 0 Å². The van der Waals surface area contributed by atoms with Gasteiger partial charge >= 0.3 is 6.18 Å². The van der Waals surface area contributed by atoms with Crippen LogP contribution in [0.2, 0.25) is 0 Å². The average Bonchev–Trinajstić information content (AvgIpc) is 3.55. The van der Waals surface area contributed by atoms with Crippen LogP contribution in [0, 0.1) is 0 Å². The number of carbonyl (C=O) groups is 1. The zero-order chi connectivity index (χ0) is 26.2. The molecule has 1 saturated heterocycles. The summed E-state index contributed by atoms with van der Waals surface area (Å²) < 4.78 is 71.5. The van der Waals surface area contributed by atoms with Crippen LogP contribution >= 0.6 is 0 Å². The molecule has 192 valence electrons. The molecule has 5 rings (SSSR count). The highest BCUT2D eigenvalue weighted by Gasteiger charge is 2.40. The molecule has 1 fully saturated rings. The van der Waals surface area contributed by atoms with Gasteiger partial charge in [0.25, 0.3) is 10.0 Å². The number of fused-ring (bicyclic) bond motifs is 1. The smallest absolute Gasteiger partial charge is 0.435 e. The first-order chi connectivity index (χ1) is 17.6. The second-order valence-corrected chi connectivity index (χ2v) is 10.5. The number of Topliss-reactive ketones (excluding diaryl/α,β-unsaturated/α-hetero) is 1. The molecule has 4 heterocycles.